The van der Waals surface area contributed by atoms with Crippen LogP contribution in [-0.4, -0.2) is 36.8 Å². The van der Waals surface area contributed by atoms with Gasteiger partial charge in [0.1, 0.15) is 0 Å². The monoisotopic (exact) mass is 144 g/mol. The van der Waals surface area contributed by atoms with Crippen LogP contribution in [0, 0.1) is 0 Å². The fraction of sp³-hybridized carbons (Fsp3) is 0.833. The van der Waals surface area contributed by atoms with Crippen LogP contribution in [0.2, 0.25) is 0 Å². The zero-order valence-electron chi connectivity index (χ0n) is 5.76. The van der Waals surface area contributed by atoms with Crippen LogP contribution in [0.15, 0.2) is 0 Å². The van der Waals surface area contributed by atoms with Crippen molar-refractivity contribution in [2.75, 3.05) is 19.7 Å². The van der Waals surface area contributed by atoms with Crippen LogP contribution in [-0.2, 0) is 4.79 Å². The van der Waals surface area contributed by atoms with Gasteiger partial charge >= 0.3 is 0 Å². The van der Waals surface area contributed by atoms with Crippen molar-refractivity contribution in [3.8, 4) is 0 Å². The van der Waals surface area contributed by atoms with Crippen LogP contribution in [0.4, 0.5) is 0 Å². The molecule has 3 N–H and O–H groups in total. The molecule has 1 rings (SSSR count). The van der Waals surface area contributed by atoms with Gasteiger partial charge in [-0.1, -0.05) is 0 Å². The first-order valence-electron chi connectivity index (χ1n) is 3.44. The van der Waals surface area contributed by atoms with Gasteiger partial charge in [-0.25, -0.2) is 0 Å². The molecule has 10 heavy (non-hydrogen) atoms. The minimum absolute atomic E-state index is 0.0337. The van der Waals surface area contributed by atoms with Gasteiger partial charge in [0.2, 0.25) is 5.91 Å². The minimum Gasteiger partial charge on any atom is -0.395 e. The molecule has 1 saturated heterocycles. The van der Waals surface area contributed by atoms with Crippen molar-refractivity contribution in [2.24, 2.45) is 0 Å². The number of aliphatic hydroxyl groups excluding tert-OH is 1. The summed E-state index contributed by atoms with van der Waals surface area (Å²) in [7, 11) is 0. The number of nitrogens with one attached hydrogen (secondary N) is 2. The summed E-state index contributed by atoms with van der Waals surface area (Å²) in [5.74, 6) is 0.0588. The maximum atomic E-state index is 10.7. The average Bonchev–Trinajstić information content (AvgIpc) is 2.14. The molecule has 1 aliphatic heterocycles. The Hall–Kier alpha value is -0.610. The normalized spacial score (nSPS) is 27.3. The lowest BCUT2D eigenvalue weighted by molar-refractivity contribution is -0.120. The molecule has 1 atom stereocenters. The van der Waals surface area contributed by atoms with Gasteiger partial charge in [-0.05, 0) is 0 Å². The second-order valence-electron chi connectivity index (χ2n) is 2.39. The second kappa shape index (κ2) is 3.53. The van der Waals surface area contributed by atoms with Crippen LogP contribution in [0.5, 0.6) is 0 Å². The fourth-order valence-corrected chi connectivity index (χ4v) is 0.917. The van der Waals surface area contributed by atoms with Gasteiger partial charge in [0.25, 0.3) is 0 Å². The molecule has 4 nitrogen and oxygen atoms in total. The fourth-order valence-electron chi connectivity index (χ4n) is 0.917. The molecule has 0 radical (unpaired) electrons. The van der Waals surface area contributed by atoms with Crippen molar-refractivity contribution in [3.63, 3.8) is 0 Å². The quantitative estimate of drug-likeness (QED) is 0.418. The van der Waals surface area contributed by atoms with E-state index in [4.69, 9.17) is 5.11 Å². The third kappa shape index (κ3) is 1.97. The first-order chi connectivity index (χ1) is 4.83. The van der Waals surface area contributed by atoms with Crippen LogP contribution >= 0.6 is 0 Å². The number of amides is 1. The summed E-state index contributed by atoms with van der Waals surface area (Å²) in [6.45, 7) is 1.28. The van der Waals surface area contributed by atoms with Crippen LogP contribution in [0.3, 0.4) is 0 Å². The standard InChI is InChI=1S/C6H12N2O2/c9-4-5-3-8-6(10)1-2-7-5/h5,7,9H,1-4H2,(H,8,10)/t5-/m1/s1. The predicted molar refractivity (Wildman–Crippen MR) is 36.5 cm³/mol. The Morgan fingerprint density at radius 1 is 1.70 bits per heavy atom. The number of rotatable bonds is 1. The van der Waals surface area contributed by atoms with Crippen molar-refractivity contribution in [1.29, 1.82) is 0 Å². The van der Waals surface area contributed by atoms with Gasteiger partial charge in [0.05, 0.1) is 6.61 Å². The highest BCUT2D eigenvalue weighted by Gasteiger charge is 2.12. The molecule has 1 fully saturated rings. The highest BCUT2D eigenvalue weighted by atomic mass is 16.3. The molecule has 1 heterocycles. The van der Waals surface area contributed by atoms with Crippen molar-refractivity contribution in [1.82, 2.24) is 10.6 Å². The van der Waals surface area contributed by atoms with Crippen molar-refractivity contribution in [2.45, 2.75) is 12.5 Å². The van der Waals surface area contributed by atoms with E-state index in [-0.39, 0.29) is 18.6 Å². The minimum atomic E-state index is 0.0337. The molecular weight excluding hydrogens is 132 g/mol. The Morgan fingerprint density at radius 2 is 2.50 bits per heavy atom. The summed E-state index contributed by atoms with van der Waals surface area (Å²) in [6, 6.07) is 0.0337. The van der Waals surface area contributed by atoms with Gasteiger partial charge < -0.3 is 15.7 Å². The largest absolute Gasteiger partial charge is 0.395 e. The molecule has 58 valence electrons. The zero-order valence-corrected chi connectivity index (χ0v) is 5.76. The number of carbonyl (C=O) groups is 1. The topological polar surface area (TPSA) is 61.4 Å². The Morgan fingerprint density at radius 3 is 3.20 bits per heavy atom. The molecule has 0 saturated carbocycles. The van der Waals surface area contributed by atoms with Crippen LogP contribution in [0.1, 0.15) is 6.42 Å². The van der Waals surface area contributed by atoms with Crippen LogP contribution in [0.25, 0.3) is 0 Å². The summed E-state index contributed by atoms with van der Waals surface area (Å²) in [6.07, 6.45) is 0.510. The predicted octanol–water partition coefficient (Wildman–Crippen LogP) is -1.54. The maximum absolute atomic E-state index is 10.7. The highest BCUT2D eigenvalue weighted by Crippen LogP contribution is 1.88. The van der Waals surface area contributed by atoms with Gasteiger partial charge in [0, 0.05) is 25.6 Å². The van der Waals surface area contributed by atoms with Crippen LogP contribution < -0.4 is 10.6 Å². The lowest BCUT2D eigenvalue weighted by atomic mass is 10.3. The van der Waals surface area contributed by atoms with E-state index in [1.54, 1.807) is 0 Å². The van der Waals surface area contributed by atoms with E-state index >= 15 is 0 Å². The molecule has 0 aromatic carbocycles. The lowest BCUT2D eigenvalue weighted by Gasteiger charge is -2.10. The first kappa shape index (κ1) is 7.50. The molecule has 0 aliphatic carbocycles. The summed E-state index contributed by atoms with van der Waals surface area (Å²) in [4.78, 5) is 10.7. The van der Waals surface area contributed by atoms with Crippen molar-refractivity contribution in [3.05, 3.63) is 0 Å². The zero-order chi connectivity index (χ0) is 7.40. The third-order valence-electron chi connectivity index (χ3n) is 1.55. The van der Waals surface area contributed by atoms with E-state index in [2.05, 4.69) is 10.6 Å². The summed E-state index contributed by atoms with van der Waals surface area (Å²) in [5.41, 5.74) is 0. The molecule has 4 heteroatoms. The van der Waals surface area contributed by atoms with E-state index < -0.39 is 0 Å². The van der Waals surface area contributed by atoms with E-state index in [9.17, 15) is 4.79 Å². The molecule has 0 aromatic rings. The Balaban J connectivity index is 2.33. The molecule has 1 aliphatic rings. The summed E-state index contributed by atoms with van der Waals surface area (Å²) in [5, 5.41) is 14.4. The second-order valence-corrected chi connectivity index (χ2v) is 2.39. The third-order valence-corrected chi connectivity index (χ3v) is 1.55. The Kier molecular flexibility index (Phi) is 2.65. The highest BCUT2D eigenvalue weighted by molar-refractivity contribution is 5.76. The first-order valence-corrected chi connectivity index (χ1v) is 3.44. The molecule has 0 spiro atoms. The summed E-state index contributed by atoms with van der Waals surface area (Å²) < 4.78 is 0. The van der Waals surface area contributed by atoms with Crippen molar-refractivity contribution >= 4 is 5.91 Å². The maximum Gasteiger partial charge on any atom is 0.221 e. The van der Waals surface area contributed by atoms with E-state index in [1.165, 1.54) is 0 Å². The number of carbonyl (C=O) groups excluding carboxylic acids is 1. The summed E-state index contributed by atoms with van der Waals surface area (Å²) >= 11 is 0. The Labute approximate surface area is 59.6 Å². The molecule has 0 aromatic heterocycles. The van der Waals surface area contributed by atoms with Gasteiger partial charge in [-0.3, -0.25) is 4.79 Å². The van der Waals surface area contributed by atoms with Gasteiger partial charge in [0.15, 0.2) is 0 Å². The average molecular weight is 144 g/mol. The number of hydrogen-bond acceptors (Lipinski definition) is 3. The lowest BCUT2D eigenvalue weighted by Crippen LogP contribution is -2.38. The van der Waals surface area contributed by atoms with Gasteiger partial charge in [-0.15, -0.1) is 0 Å². The smallest absolute Gasteiger partial charge is 0.221 e. The SMILES string of the molecule is O=C1CCN[C@@H](CO)CN1. The number of hydrogen-bond donors (Lipinski definition) is 3. The van der Waals surface area contributed by atoms with E-state index in [0.717, 1.165) is 0 Å². The molecular formula is C6H12N2O2. The number of aliphatic hydroxyl groups is 1. The molecule has 0 bridgehead atoms. The van der Waals surface area contributed by atoms with E-state index in [0.29, 0.717) is 19.5 Å². The Bertz CT molecular complexity index is 127. The van der Waals surface area contributed by atoms with E-state index in [1.807, 2.05) is 0 Å². The molecule has 1 amide bonds. The molecule has 0 unspecified atom stereocenters. The van der Waals surface area contributed by atoms with Crippen molar-refractivity contribution < 1.29 is 9.90 Å². The van der Waals surface area contributed by atoms with Gasteiger partial charge in [-0.2, -0.15) is 0 Å².